The number of benzene rings is 1. The molecule has 0 saturated heterocycles. The Labute approximate surface area is 110 Å². The number of nitrogens with zero attached hydrogens (tertiary/aromatic N) is 1. The van der Waals surface area contributed by atoms with E-state index in [1.807, 2.05) is 31.2 Å². The SMILES string of the molecule is Cc1ccc(OCCOC(=O)C2CC2[N+](=O)[O-])cc1. The number of nitro groups is 1. The summed E-state index contributed by atoms with van der Waals surface area (Å²) in [6.45, 7) is 2.32. The molecule has 102 valence electrons. The fourth-order valence-electron chi connectivity index (χ4n) is 1.71. The van der Waals surface area contributed by atoms with Gasteiger partial charge in [0.05, 0.1) is 0 Å². The van der Waals surface area contributed by atoms with E-state index in [0.29, 0.717) is 5.75 Å². The molecule has 0 aliphatic heterocycles. The average Bonchev–Trinajstić information content (AvgIpc) is 3.17. The van der Waals surface area contributed by atoms with Gasteiger partial charge in [-0.05, 0) is 19.1 Å². The van der Waals surface area contributed by atoms with Crippen LogP contribution in [0.3, 0.4) is 0 Å². The molecule has 1 aliphatic rings. The molecule has 0 amide bonds. The summed E-state index contributed by atoms with van der Waals surface area (Å²) >= 11 is 0. The average molecular weight is 265 g/mol. The van der Waals surface area contributed by atoms with Crippen LogP contribution in [0, 0.1) is 23.0 Å². The van der Waals surface area contributed by atoms with E-state index in [1.165, 1.54) is 0 Å². The van der Waals surface area contributed by atoms with E-state index >= 15 is 0 Å². The molecule has 2 unspecified atom stereocenters. The Hall–Kier alpha value is -2.11. The van der Waals surface area contributed by atoms with Gasteiger partial charge in [0.1, 0.15) is 24.9 Å². The predicted molar refractivity (Wildman–Crippen MR) is 66.5 cm³/mol. The molecule has 0 heterocycles. The molecule has 0 bridgehead atoms. The third kappa shape index (κ3) is 3.67. The van der Waals surface area contributed by atoms with Crippen LogP contribution in [0.4, 0.5) is 0 Å². The van der Waals surface area contributed by atoms with E-state index in [-0.39, 0.29) is 19.6 Å². The van der Waals surface area contributed by atoms with Crippen LogP contribution >= 0.6 is 0 Å². The number of esters is 1. The highest BCUT2D eigenvalue weighted by Gasteiger charge is 2.54. The van der Waals surface area contributed by atoms with E-state index in [1.54, 1.807) is 0 Å². The lowest BCUT2D eigenvalue weighted by molar-refractivity contribution is -0.497. The number of aryl methyl sites for hydroxylation is 1. The number of carbonyl (C=O) groups excluding carboxylic acids is 1. The second-order valence-electron chi connectivity index (χ2n) is 4.52. The summed E-state index contributed by atoms with van der Waals surface area (Å²) in [5.74, 6) is -0.375. The second-order valence-corrected chi connectivity index (χ2v) is 4.52. The summed E-state index contributed by atoms with van der Waals surface area (Å²) < 4.78 is 10.3. The van der Waals surface area contributed by atoms with E-state index in [0.717, 1.165) is 5.56 Å². The smallest absolute Gasteiger partial charge is 0.316 e. The molecule has 0 aromatic heterocycles. The molecule has 0 spiro atoms. The monoisotopic (exact) mass is 265 g/mol. The van der Waals surface area contributed by atoms with Crippen LogP contribution in [0.5, 0.6) is 5.75 Å². The Kier molecular flexibility index (Phi) is 3.99. The highest BCUT2D eigenvalue weighted by molar-refractivity contribution is 5.76. The van der Waals surface area contributed by atoms with Crippen molar-refractivity contribution >= 4 is 5.97 Å². The van der Waals surface area contributed by atoms with Crippen molar-refractivity contribution in [2.75, 3.05) is 13.2 Å². The van der Waals surface area contributed by atoms with Gasteiger partial charge in [-0.25, -0.2) is 0 Å². The molecule has 19 heavy (non-hydrogen) atoms. The highest BCUT2D eigenvalue weighted by Crippen LogP contribution is 2.33. The van der Waals surface area contributed by atoms with Gasteiger partial charge >= 0.3 is 5.97 Å². The van der Waals surface area contributed by atoms with Crippen molar-refractivity contribution in [2.24, 2.45) is 5.92 Å². The second kappa shape index (κ2) is 5.69. The summed E-state index contributed by atoms with van der Waals surface area (Å²) in [5, 5.41) is 10.4. The number of carbonyl (C=O) groups is 1. The lowest BCUT2D eigenvalue weighted by Crippen LogP contribution is -2.17. The number of hydrogen-bond donors (Lipinski definition) is 0. The zero-order valence-corrected chi connectivity index (χ0v) is 10.6. The number of hydrogen-bond acceptors (Lipinski definition) is 5. The van der Waals surface area contributed by atoms with Crippen LogP contribution in [-0.4, -0.2) is 30.1 Å². The number of ether oxygens (including phenoxy) is 2. The van der Waals surface area contributed by atoms with Crippen molar-refractivity contribution in [3.63, 3.8) is 0 Å². The largest absolute Gasteiger partial charge is 0.490 e. The van der Waals surface area contributed by atoms with Crippen molar-refractivity contribution < 1.29 is 19.2 Å². The Morgan fingerprint density at radius 2 is 2.05 bits per heavy atom. The maximum absolute atomic E-state index is 11.4. The van der Waals surface area contributed by atoms with Crippen LogP contribution < -0.4 is 4.74 Å². The van der Waals surface area contributed by atoms with Gasteiger partial charge in [-0.15, -0.1) is 0 Å². The first kappa shape index (κ1) is 13.3. The van der Waals surface area contributed by atoms with Crippen LogP contribution in [0.15, 0.2) is 24.3 Å². The van der Waals surface area contributed by atoms with Gasteiger partial charge in [-0.2, -0.15) is 0 Å². The Bertz CT molecular complexity index is 470. The summed E-state index contributed by atoms with van der Waals surface area (Å²) in [5.41, 5.74) is 1.14. The van der Waals surface area contributed by atoms with Gasteiger partial charge in [0.2, 0.25) is 6.04 Å². The van der Waals surface area contributed by atoms with E-state index in [4.69, 9.17) is 9.47 Å². The van der Waals surface area contributed by atoms with Gasteiger partial charge in [-0.1, -0.05) is 17.7 Å². The Morgan fingerprint density at radius 3 is 2.63 bits per heavy atom. The Morgan fingerprint density at radius 1 is 1.37 bits per heavy atom. The third-order valence-electron chi connectivity index (χ3n) is 2.95. The molecule has 0 N–H and O–H groups in total. The molecule has 1 saturated carbocycles. The fourth-order valence-corrected chi connectivity index (χ4v) is 1.71. The first-order valence-electron chi connectivity index (χ1n) is 6.07. The molecule has 6 heteroatoms. The van der Waals surface area contributed by atoms with Gasteiger partial charge in [-0.3, -0.25) is 14.9 Å². The lowest BCUT2D eigenvalue weighted by Gasteiger charge is -2.07. The van der Waals surface area contributed by atoms with Crippen molar-refractivity contribution in [1.82, 2.24) is 0 Å². The lowest BCUT2D eigenvalue weighted by atomic mass is 10.2. The maximum Gasteiger partial charge on any atom is 0.316 e. The molecule has 1 aliphatic carbocycles. The molecule has 2 rings (SSSR count). The van der Waals surface area contributed by atoms with Crippen molar-refractivity contribution in [3.8, 4) is 5.75 Å². The van der Waals surface area contributed by atoms with Crippen LogP contribution in [0.1, 0.15) is 12.0 Å². The van der Waals surface area contributed by atoms with E-state index in [9.17, 15) is 14.9 Å². The zero-order valence-electron chi connectivity index (χ0n) is 10.6. The first-order valence-corrected chi connectivity index (χ1v) is 6.07. The summed E-state index contributed by atoms with van der Waals surface area (Å²) in [6.07, 6.45) is 0.282. The summed E-state index contributed by atoms with van der Waals surface area (Å²) in [4.78, 5) is 21.4. The standard InChI is InChI=1S/C13H15NO5/c1-9-2-4-10(5-3-9)18-6-7-19-13(15)11-8-12(11)14(16)17/h2-5,11-12H,6-8H2,1H3. The van der Waals surface area contributed by atoms with Crippen molar-refractivity contribution in [3.05, 3.63) is 39.9 Å². The highest BCUT2D eigenvalue weighted by atomic mass is 16.6. The van der Waals surface area contributed by atoms with Gasteiger partial charge in [0.25, 0.3) is 0 Å². The third-order valence-corrected chi connectivity index (χ3v) is 2.95. The van der Waals surface area contributed by atoms with Crippen LogP contribution in [-0.2, 0) is 9.53 Å². The molecule has 1 fully saturated rings. The molecule has 1 aromatic rings. The minimum absolute atomic E-state index is 0.105. The topological polar surface area (TPSA) is 78.7 Å². The maximum atomic E-state index is 11.4. The minimum atomic E-state index is -0.759. The fraction of sp³-hybridized carbons (Fsp3) is 0.462. The predicted octanol–water partition coefficient (Wildman–Crippen LogP) is 1.58. The molecular weight excluding hydrogens is 250 g/mol. The van der Waals surface area contributed by atoms with Gasteiger partial charge in [0, 0.05) is 11.3 Å². The van der Waals surface area contributed by atoms with E-state index in [2.05, 4.69) is 0 Å². The molecule has 2 atom stereocenters. The van der Waals surface area contributed by atoms with Crippen LogP contribution in [0.25, 0.3) is 0 Å². The molecule has 1 aromatic carbocycles. The summed E-state index contributed by atoms with van der Waals surface area (Å²) in [7, 11) is 0. The zero-order chi connectivity index (χ0) is 13.8. The van der Waals surface area contributed by atoms with Crippen LogP contribution in [0.2, 0.25) is 0 Å². The van der Waals surface area contributed by atoms with Crippen molar-refractivity contribution in [1.29, 1.82) is 0 Å². The molecule has 6 nitrogen and oxygen atoms in total. The van der Waals surface area contributed by atoms with Gasteiger partial charge in [0.15, 0.2) is 0 Å². The summed E-state index contributed by atoms with van der Waals surface area (Å²) in [6, 6.07) is 6.76. The molecular formula is C13H15NO5. The van der Waals surface area contributed by atoms with E-state index < -0.39 is 22.9 Å². The first-order chi connectivity index (χ1) is 9.08. The van der Waals surface area contributed by atoms with Crippen molar-refractivity contribution in [2.45, 2.75) is 19.4 Å². The minimum Gasteiger partial charge on any atom is -0.490 e. The normalized spacial score (nSPS) is 20.7. The molecule has 0 radical (unpaired) electrons. The Balaban J connectivity index is 1.63. The number of rotatable bonds is 6. The van der Waals surface area contributed by atoms with Gasteiger partial charge < -0.3 is 9.47 Å². The quantitative estimate of drug-likeness (QED) is 0.338.